The zero-order chi connectivity index (χ0) is 10.7. The van der Waals surface area contributed by atoms with Crippen LogP contribution in [0.4, 0.5) is 0 Å². The molecular formula is C11H28Si2. The van der Waals surface area contributed by atoms with E-state index < -0.39 is 16.1 Å². The van der Waals surface area contributed by atoms with Crippen LogP contribution in [0.3, 0.4) is 0 Å². The summed E-state index contributed by atoms with van der Waals surface area (Å²) in [5.74, 6) is 0. The molecule has 0 nitrogen and oxygen atoms in total. The highest BCUT2D eigenvalue weighted by Gasteiger charge is 2.28. The Bertz CT molecular complexity index is 145. The summed E-state index contributed by atoms with van der Waals surface area (Å²) < 4.78 is 0. The van der Waals surface area contributed by atoms with E-state index in [-0.39, 0.29) is 0 Å². The van der Waals surface area contributed by atoms with Crippen molar-refractivity contribution >= 4 is 16.1 Å². The van der Waals surface area contributed by atoms with Gasteiger partial charge in [0.1, 0.15) is 0 Å². The van der Waals surface area contributed by atoms with Gasteiger partial charge in [-0.05, 0) is 5.54 Å². The molecule has 1 unspecified atom stereocenters. The Morgan fingerprint density at radius 2 is 1.38 bits per heavy atom. The Morgan fingerprint density at radius 3 is 1.69 bits per heavy atom. The maximum Gasteiger partial charge on any atom is 0.0499 e. The fraction of sp³-hybridized carbons (Fsp3) is 1.00. The van der Waals surface area contributed by atoms with Gasteiger partial charge in [-0.3, -0.25) is 0 Å². The zero-order valence-electron chi connectivity index (χ0n) is 10.7. The van der Waals surface area contributed by atoms with E-state index in [2.05, 4.69) is 46.6 Å². The first-order chi connectivity index (χ1) is 5.69. The van der Waals surface area contributed by atoms with Crippen LogP contribution in [0.1, 0.15) is 20.3 Å². The Balaban J connectivity index is 4.03. The fourth-order valence-corrected chi connectivity index (χ4v) is 8.67. The summed E-state index contributed by atoms with van der Waals surface area (Å²) >= 11 is 0. The molecule has 0 fully saturated rings. The second-order valence-corrected chi connectivity index (χ2v) is 17.4. The molecule has 0 aliphatic rings. The smallest absolute Gasteiger partial charge is 0.0499 e. The van der Waals surface area contributed by atoms with Gasteiger partial charge in [-0.15, -0.1) is 0 Å². The molecule has 0 aromatic rings. The van der Waals surface area contributed by atoms with Gasteiger partial charge in [-0.25, -0.2) is 0 Å². The molecule has 0 amide bonds. The Kier molecular flexibility index (Phi) is 4.94. The maximum absolute atomic E-state index is 2.57. The minimum absolute atomic E-state index is 0.791. The fourth-order valence-electron chi connectivity index (χ4n) is 1.50. The Hall–Kier alpha value is 0.434. The highest BCUT2D eigenvalue weighted by Crippen LogP contribution is 2.31. The molecule has 2 heteroatoms. The SMILES string of the molecule is CCC(C)[Si](C)(C)CC[Si](C)(C)C. The first kappa shape index (κ1) is 13.4. The Morgan fingerprint density at radius 1 is 0.923 bits per heavy atom. The minimum Gasteiger partial charge on any atom is -0.0696 e. The maximum atomic E-state index is 2.57. The molecule has 0 aromatic heterocycles. The molecular weight excluding hydrogens is 188 g/mol. The van der Waals surface area contributed by atoms with E-state index in [0.717, 1.165) is 5.54 Å². The van der Waals surface area contributed by atoms with Crippen molar-refractivity contribution < 1.29 is 0 Å². The molecule has 0 bridgehead atoms. The van der Waals surface area contributed by atoms with E-state index in [4.69, 9.17) is 0 Å². The third-order valence-electron chi connectivity index (χ3n) is 3.47. The molecule has 0 aliphatic carbocycles. The van der Waals surface area contributed by atoms with Crippen LogP contribution in [-0.2, 0) is 0 Å². The molecule has 0 radical (unpaired) electrons. The van der Waals surface area contributed by atoms with Crippen LogP contribution in [0.25, 0.3) is 0 Å². The van der Waals surface area contributed by atoms with Gasteiger partial charge in [0.05, 0.1) is 0 Å². The number of hydrogen-bond acceptors (Lipinski definition) is 0. The first-order valence-corrected chi connectivity index (χ1v) is 12.7. The largest absolute Gasteiger partial charge is 0.0696 e. The zero-order valence-corrected chi connectivity index (χ0v) is 12.7. The molecule has 0 aliphatic heterocycles. The van der Waals surface area contributed by atoms with Gasteiger partial charge >= 0.3 is 0 Å². The summed E-state index contributed by atoms with van der Waals surface area (Å²) in [6.45, 7) is 17.4. The predicted molar refractivity (Wildman–Crippen MR) is 70.2 cm³/mol. The quantitative estimate of drug-likeness (QED) is 0.577. The monoisotopic (exact) mass is 216 g/mol. The van der Waals surface area contributed by atoms with E-state index in [1.165, 1.54) is 12.5 Å². The van der Waals surface area contributed by atoms with Crippen molar-refractivity contribution in [1.82, 2.24) is 0 Å². The van der Waals surface area contributed by atoms with Gasteiger partial charge in [-0.1, -0.05) is 65.1 Å². The lowest BCUT2D eigenvalue weighted by Crippen LogP contribution is -2.33. The van der Waals surface area contributed by atoms with Gasteiger partial charge in [-0.2, -0.15) is 0 Å². The third-order valence-corrected chi connectivity index (χ3v) is 10.3. The van der Waals surface area contributed by atoms with E-state index in [1.807, 2.05) is 0 Å². The molecule has 0 aromatic carbocycles. The van der Waals surface area contributed by atoms with Crippen LogP contribution in [0.15, 0.2) is 0 Å². The van der Waals surface area contributed by atoms with Crippen LogP contribution in [-0.4, -0.2) is 16.1 Å². The molecule has 0 saturated carbocycles. The molecule has 0 spiro atoms. The summed E-state index contributed by atoms with van der Waals surface area (Å²) in [6, 6.07) is 3.09. The Labute approximate surface area is 87.2 Å². The molecule has 0 saturated heterocycles. The van der Waals surface area contributed by atoms with Crippen LogP contribution >= 0.6 is 0 Å². The highest BCUT2D eigenvalue weighted by molar-refractivity contribution is 6.82. The van der Waals surface area contributed by atoms with Crippen molar-refractivity contribution in [1.29, 1.82) is 0 Å². The minimum atomic E-state index is -0.882. The van der Waals surface area contributed by atoms with Crippen molar-refractivity contribution in [2.24, 2.45) is 0 Å². The van der Waals surface area contributed by atoms with Crippen molar-refractivity contribution in [3.05, 3.63) is 0 Å². The van der Waals surface area contributed by atoms with Crippen LogP contribution in [0, 0.1) is 0 Å². The second-order valence-electron chi connectivity index (χ2n) is 6.36. The van der Waals surface area contributed by atoms with Gasteiger partial charge < -0.3 is 0 Å². The van der Waals surface area contributed by atoms with E-state index in [0.29, 0.717) is 0 Å². The summed E-state index contributed by atoms with van der Waals surface area (Å²) in [4.78, 5) is 0. The van der Waals surface area contributed by atoms with Crippen LogP contribution in [0.5, 0.6) is 0 Å². The van der Waals surface area contributed by atoms with Crippen molar-refractivity contribution in [3.8, 4) is 0 Å². The topological polar surface area (TPSA) is 0 Å². The normalized spacial score (nSPS) is 15.9. The first-order valence-electron chi connectivity index (χ1n) is 5.69. The predicted octanol–water partition coefficient (Wildman–Crippen LogP) is 4.83. The highest BCUT2D eigenvalue weighted by atomic mass is 28.3. The molecule has 13 heavy (non-hydrogen) atoms. The summed E-state index contributed by atoms with van der Waals surface area (Å²) in [6.07, 6.45) is 1.38. The summed E-state index contributed by atoms with van der Waals surface area (Å²) in [5, 5.41) is 0. The molecule has 0 heterocycles. The van der Waals surface area contributed by atoms with Crippen molar-refractivity contribution in [2.75, 3.05) is 0 Å². The molecule has 1 atom stereocenters. The standard InChI is InChI=1S/C11H28Si2/c1-8-11(2)13(6,7)10-9-12(3,4)5/h11H,8-10H2,1-7H3. The molecule has 0 N–H and O–H groups in total. The van der Waals surface area contributed by atoms with Crippen molar-refractivity contribution in [2.45, 2.75) is 70.6 Å². The molecule has 0 rings (SSSR count). The van der Waals surface area contributed by atoms with Gasteiger partial charge in [0.15, 0.2) is 0 Å². The molecule has 80 valence electrons. The van der Waals surface area contributed by atoms with Crippen LogP contribution < -0.4 is 0 Å². The van der Waals surface area contributed by atoms with E-state index in [9.17, 15) is 0 Å². The van der Waals surface area contributed by atoms with Gasteiger partial charge in [0, 0.05) is 16.1 Å². The lowest BCUT2D eigenvalue weighted by molar-refractivity contribution is 0.833. The third kappa shape index (κ3) is 5.68. The van der Waals surface area contributed by atoms with E-state index >= 15 is 0 Å². The van der Waals surface area contributed by atoms with Crippen LogP contribution in [0.2, 0.25) is 50.4 Å². The number of hydrogen-bond donors (Lipinski definition) is 0. The van der Waals surface area contributed by atoms with E-state index in [1.54, 1.807) is 6.04 Å². The van der Waals surface area contributed by atoms with Gasteiger partial charge in [0.25, 0.3) is 0 Å². The average molecular weight is 217 g/mol. The summed E-state index contributed by atoms with van der Waals surface area (Å²) in [5.41, 5.74) is 1.00. The van der Waals surface area contributed by atoms with Crippen molar-refractivity contribution in [3.63, 3.8) is 0 Å². The summed E-state index contributed by atoms with van der Waals surface area (Å²) in [7, 11) is -1.67. The number of rotatable bonds is 5. The van der Waals surface area contributed by atoms with Gasteiger partial charge in [0.2, 0.25) is 0 Å². The lowest BCUT2D eigenvalue weighted by atomic mass is 10.4. The second kappa shape index (κ2) is 4.78. The lowest BCUT2D eigenvalue weighted by Gasteiger charge is -2.31. The average Bonchev–Trinajstić information content (AvgIpc) is 1.98.